The minimum Gasteiger partial charge on any atom is -0.480 e. The lowest BCUT2D eigenvalue weighted by molar-refractivity contribution is -0.135. The van der Waals surface area contributed by atoms with Crippen molar-refractivity contribution in [1.82, 2.24) is 15.2 Å². The topological polar surface area (TPSA) is 88.4 Å². The summed E-state index contributed by atoms with van der Waals surface area (Å²) in [7, 11) is 1.55. The molecule has 0 radical (unpaired) electrons. The minimum absolute atomic E-state index is 0.173. The molecule has 1 rings (SSSR count). The van der Waals surface area contributed by atoms with E-state index in [4.69, 9.17) is 9.84 Å². The van der Waals surface area contributed by atoms with Crippen molar-refractivity contribution < 1.29 is 14.6 Å². The van der Waals surface area contributed by atoms with Crippen molar-refractivity contribution in [3.05, 3.63) is 11.4 Å². The van der Waals surface area contributed by atoms with E-state index in [1.165, 1.54) is 4.90 Å². The first-order valence-electron chi connectivity index (χ1n) is 5.18. The number of rotatable bonds is 6. The highest BCUT2D eigenvalue weighted by atomic mass is 16.5. The summed E-state index contributed by atoms with van der Waals surface area (Å²) in [6.07, 6.45) is 0. The van der Waals surface area contributed by atoms with Crippen LogP contribution in [-0.2, 0) is 9.53 Å². The largest absolute Gasteiger partial charge is 0.480 e. The summed E-state index contributed by atoms with van der Waals surface area (Å²) in [4.78, 5) is 16.5. The number of hydrogen-bond donors (Lipinski definition) is 1. The predicted molar refractivity (Wildman–Crippen MR) is 61.0 cm³/mol. The molecule has 0 aliphatic carbocycles. The molecule has 0 spiro atoms. The number of carboxylic acids is 1. The molecule has 0 aliphatic rings. The number of aryl methyl sites for hydroxylation is 2. The highest BCUT2D eigenvalue weighted by molar-refractivity contribution is 5.72. The molecule has 1 aromatic heterocycles. The van der Waals surface area contributed by atoms with Gasteiger partial charge in [-0.3, -0.25) is 4.79 Å². The zero-order chi connectivity index (χ0) is 12.8. The van der Waals surface area contributed by atoms with Crippen LogP contribution in [0.3, 0.4) is 0 Å². The molecule has 0 unspecified atom stereocenters. The van der Waals surface area contributed by atoms with Crippen molar-refractivity contribution >= 4 is 11.9 Å². The van der Waals surface area contributed by atoms with Crippen molar-refractivity contribution in [2.24, 2.45) is 0 Å². The number of hydrogen-bond acceptors (Lipinski definition) is 6. The first-order valence-corrected chi connectivity index (χ1v) is 5.18. The molecule has 1 heterocycles. The molecule has 0 aliphatic heterocycles. The van der Waals surface area contributed by atoms with Crippen LogP contribution in [0.25, 0.3) is 0 Å². The second-order valence-electron chi connectivity index (χ2n) is 3.59. The fourth-order valence-corrected chi connectivity index (χ4v) is 1.19. The van der Waals surface area contributed by atoms with Gasteiger partial charge in [-0.15, -0.1) is 5.10 Å². The van der Waals surface area contributed by atoms with Crippen molar-refractivity contribution in [3.8, 4) is 0 Å². The molecule has 1 N–H and O–H groups in total. The Kier molecular flexibility index (Phi) is 4.77. The van der Waals surface area contributed by atoms with Crippen molar-refractivity contribution in [2.45, 2.75) is 13.8 Å². The summed E-state index contributed by atoms with van der Waals surface area (Å²) in [5.41, 5.74) is 1.47. The maximum Gasteiger partial charge on any atom is 0.323 e. The SMILES string of the molecule is COCCN(CC(=O)O)c1nnc(C)c(C)n1. The molecule has 7 heteroatoms. The monoisotopic (exact) mass is 240 g/mol. The van der Waals surface area contributed by atoms with Crippen LogP contribution in [0.1, 0.15) is 11.4 Å². The molecule has 7 nitrogen and oxygen atoms in total. The van der Waals surface area contributed by atoms with Gasteiger partial charge in [-0.2, -0.15) is 5.10 Å². The van der Waals surface area contributed by atoms with Crippen LogP contribution in [0, 0.1) is 13.8 Å². The molecular formula is C10H16N4O3. The Bertz CT molecular complexity index is 397. The number of nitrogens with zero attached hydrogens (tertiary/aromatic N) is 4. The Balaban J connectivity index is 2.86. The lowest BCUT2D eigenvalue weighted by Crippen LogP contribution is -2.34. The second kappa shape index (κ2) is 6.09. The second-order valence-corrected chi connectivity index (χ2v) is 3.59. The van der Waals surface area contributed by atoms with Gasteiger partial charge < -0.3 is 14.7 Å². The van der Waals surface area contributed by atoms with Gasteiger partial charge in [-0.1, -0.05) is 0 Å². The number of ether oxygens (including phenoxy) is 1. The van der Waals surface area contributed by atoms with Crippen LogP contribution in [0.15, 0.2) is 0 Å². The Morgan fingerprint density at radius 2 is 2.06 bits per heavy atom. The van der Waals surface area contributed by atoms with Gasteiger partial charge in [0.15, 0.2) is 0 Å². The van der Waals surface area contributed by atoms with Crippen molar-refractivity contribution in [3.63, 3.8) is 0 Å². The fourth-order valence-electron chi connectivity index (χ4n) is 1.19. The predicted octanol–water partition coefficient (Wildman–Crippen LogP) is 0.0258. The lowest BCUT2D eigenvalue weighted by Gasteiger charge is -2.19. The van der Waals surface area contributed by atoms with Gasteiger partial charge in [0.05, 0.1) is 18.0 Å². The Morgan fingerprint density at radius 3 is 2.59 bits per heavy atom. The number of carboxylic acid groups (broad SMARTS) is 1. The molecule has 0 aromatic carbocycles. The standard InChI is InChI=1S/C10H16N4O3/c1-7-8(2)12-13-10(11-7)14(4-5-17-3)6-9(15)16/h4-6H2,1-3H3,(H,15,16). The van der Waals surface area contributed by atoms with Gasteiger partial charge in [0.2, 0.25) is 5.95 Å². The van der Waals surface area contributed by atoms with E-state index in [9.17, 15) is 4.79 Å². The summed E-state index contributed by atoms with van der Waals surface area (Å²) in [5.74, 6) is -0.629. The first kappa shape index (κ1) is 13.3. The zero-order valence-corrected chi connectivity index (χ0v) is 10.2. The normalized spacial score (nSPS) is 10.3. The van der Waals surface area contributed by atoms with E-state index in [1.54, 1.807) is 14.0 Å². The van der Waals surface area contributed by atoms with E-state index in [2.05, 4.69) is 15.2 Å². The number of aromatic nitrogens is 3. The van der Waals surface area contributed by atoms with Crippen LogP contribution in [-0.4, -0.2) is 53.1 Å². The van der Waals surface area contributed by atoms with Crippen LogP contribution in [0.5, 0.6) is 0 Å². The third-order valence-corrected chi connectivity index (χ3v) is 2.26. The highest BCUT2D eigenvalue weighted by Gasteiger charge is 2.14. The molecule has 0 amide bonds. The van der Waals surface area contributed by atoms with Gasteiger partial charge in [0.25, 0.3) is 0 Å². The van der Waals surface area contributed by atoms with E-state index >= 15 is 0 Å². The highest BCUT2D eigenvalue weighted by Crippen LogP contribution is 2.07. The van der Waals surface area contributed by atoms with Crippen LogP contribution < -0.4 is 4.90 Å². The van der Waals surface area contributed by atoms with Crippen LogP contribution in [0.2, 0.25) is 0 Å². The van der Waals surface area contributed by atoms with Gasteiger partial charge in [-0.05, 0) is 13.8 Å². The Labute approximate surface area is 99.4 Å². The Hall–Kier alpha value is -1.76. The smallest absolute Gasteiger partial charge is 0.323 e. The summed E-state index contributed by atoms with van der Waals surface area (Å²) in [6.45, 7) is 4.25. The van der Waals surface area contributed by atoms with Gasteiger partial charge >= 0.3 is 5.97 Å². The molecule has 17 heavy (non-hydrogen) atoms. The van der Waals surface area contributed by atoms with E-state index in [0.29, 0.717) is 19.1 Å². The number of carbonyl (C=O) groups is 1. The molecule has 1 aromatic rings. The minimum atomic E-state index is -0.942. The van der Waals surface area contributed by atoms with Crippen molar-refractivity contribution in [1.29, 1.82) is 0 Å². The number of methoxy groups -OCH3 is 1. The molecular weight excluding hydrogens is 224 g/mol. The van der Waals surface area contributed by atoms with Crippen molar-refractivity contribution in [2.75, 3.05) is 31.7 Å². The zero-order valence-electron chi connectivity index (χ0n) is 10.2. The summed E-state index contributed by atoms with van der Waals surface area (Å²) < 4.78 is 4.92. The number of anilines is 1. The number of aliphatic carboxylic acids is 1. The summed E-state index contributed by atoms with van der Waals surface area (Å²) >= 11 is 0. The van der Waals surface area contributed by atoms with Gasteiger partial charge in [0.1, 0.15) is 6.54 Å². The lowest BCUT2D eigenvalue weighted by atomic mass is 10.4. The van der Waals surface area contributed by atoms with E-state index in [0.717, 1.165) is 11.4 Å². The molecule has 0 atom stereocenters. The van der Waals surface area contributed by atoms with Gasteiger partial charge in [0, 0.05) is 13.7 Å². The molecule has 94 valence electrons. The van der Waals surface area contributed by atoms with E-state index in [-0.39, 0.29) is 6.54 Å². The first-order chi connectivity index (χ1) is 8.04. The molecule has 0 fully saturated rings. The van der Waals surface area contributed by atoms with E-state index in [1.807, 2.05) is 6.92 Å². The van der Waals surface area contributed by atoms with Gasteiger partial charge in [-0.25, -0.2) is 4.98 Å². The summed E-state index contributed by atoms with van der Waals surface area (Å²) in [5, 5.41) is 16.6. The fraction of sp³-hybridized carbons (Fsp3) is 0.600. The maximum absolute atomic E-state index is 10.7. The third kappa shape index (κ3) is 3.95. The van der Waals surface area contributed by atoms with Crippen LogP contribution in [0.4, 0.5) is 5.95 Å². The van der Waals surface area contributed by atoms with Crippen LogP contribution >= 0.6 is 0 Å². The molecule has 0 saturated carbocycles. The Morgan fingerprint density at radius 1 is 1.35 bits per heavy atom. The molecule has 0 saturated heterocycles. The third-order valence-electron chi connectivity index (χ3n) is 2.26. The quantitative estimate of drug-likeness (QED) is 0.750. The average molecular weight is 240 g/mol. The maximum atomic E-state index is 10.7. The summed E-state index contributed by atoms with van der Waals surface area (Å²) in [6, 6.07) is 0. The molecule has 0 bridgehead atoms. The average Bonchev–Trinajstić information content (AvgIpc) is 2.27. The van der Waals surface area contributed by atoms with E-state index < -0.39 is 5.97 Å².